The number of benzene rings is 1. The highest BCUT2D eigenvalue weighted by Crippen LogP contribution is 2.26. The molecule has 0 saturated carbocycles. The second kappa shape index (κ2) is 6.04. The maximum absolute atomic E-state index is 11.5. The Balaban J connectivity index is 2.25. The summed E-state index contributed by atoms with van der Waals surface area (Å²) in [6.07, 6.45) is 0. The van der Waals surface area contributed by atoms with Gasteiger partial charge >= 0.3 is 5.97 Å². The smallest absolute Gasteiger partial charge is 0.337 e. The summed E-state index contributed by atoms with van der Waals surface area (Å²) in [5.74, 6) is 0.0786. The van der Waals surface area contributed by atoms with E-state index in [9.17, 15) is 14.9 Å². The Kier molecular flexibility index (Phi) is 4.17. The first-order valence-corrected chi connectivity index (χ1v) is 6.04. The number of nitro groups is 1. The van der Waals surface area contributed by atoms with Crippen LogP contribution in [0, 0.1) is 17.0 Å². The van der Waals surface area contributed by atoms with Gasteiger partial charge in [0.25, 0.3) is 5.69 Å². The van der Waals surface area contributed by atoms with Crippen molar-refractivity contribution in [2.24, 2.45) is 0 Å². The van der Waals surface area contributed by atoms with E-state index in [1.165, 1.54) is 25.3 Å². The van der Waals surface area contributed by atoms with E-state index in [1.807, 2.05) is 0 Å². The molecule has 2 rings (SSSR count). The van der Waals surface area contributed by atoms with Crippen molar-refractivity contribution in [2.75, 3.05) is 12.4 Å². The number of anilines is 1. The molecule has 0 radical (unpaired) electrons. The Hall–Kier alpha value is -2.90. The number of aromatic nitrogens is 1. The highest BCUT2D eigenvalue weighted by molar-refractivity contribution is 5.91. The number of aryl methyl sites for hydroxylation is 1. The lowest BCUT2D eigenvalue weighted by atomic mass is 10.1. The Morgan fingerprint density at radius 3 is 2.81 bits per heavy atom. The summed E-state index contributed by atoms with van der Waals surface area (Å²) in [6.45, 7) is 1.99. The molecule has 0 bridgehead atoms. The normalized spacial score (nSPS) is 10.2. The average molecular weight is 291 g/mol. The number of rotatable bonds is 5. The molecule has 1 aromatic heterocycles. The minimum Gasteiger partial charge on any atom is -0.465 e. The van der Waals surface area contributed by atoms with E-state index in [1.54, 1.807) is 13.0 Å². The van der Waals surface area contributed by atoms with E-state index in [-0.39, 0.29) is 23.5 Å². The van der Waals surface area contributed by atoms with Gasteiger partial charge in [-0.3, -0.25) is 10.1 Å². The lowest BCUT2D eigenvalue weighted by Crippen LogP contribution is -2.06. The van der Waals surface area contributed by atoms with Crippen molar-refractivity contribution in [3.05, 3.63) is 51.4 Å². The molecule has 2 aromatic rings. The Bertz CT molecular complexity index is 680. The summed E-state index contributed by atoms with van der Waals surface area (Å²) in [6, 6.07) is 5.68. The van der Waals surface area contributed by atoms with Gasteiger partial charge in [-0.2, -0.15) is 0 Å². The molecule has 0 amide bonds. The Morgan fingerprint density at radius 1 is 1.48 bits per heavy atom. The van der Waals surface area contributed by atoms with Gasteiger partial charge in [-0.15, -0.1) is 0 Å². The van der Waals surface area contributed by atoms with E-state index < -0.39 is 10.9 Å². The van der Waals surface area contributed by atoms with Crippen LogP contribution in [0.5, 0.6) is 0 Å². The maximum atomic E-state index is 11.5. The van der Waals surface area contributed by atoms with Crippen LogP contribution in [0.2, 0.25) is 0 Å². The highest BCUT2D eigenvalue weighted by atomic mass is 16.6. The Labute approximate surface area is 119 Å². The van der Waals surface area contributed by atoms with Crippen molar-refractivity contribution in [3.63, 3.8) is 0 Å². The monoisotopic (exact) mass is 291 g/mol. The molecule has 1 N–H and O–H groups in total. The second-order valence-electron chi connectivity index (χ2n) is 4.26. The van der Waals surface area contributed by atoms with Crippen LogP contribution in [-0.2, 0) is 11.3 Å². The van der Waals surface area contributed by atoms with Crippen LogP contribution in [0.15, 0.2) is 28.8 Å². The fourth-order valence-electron chi connectivity index (χ4n) is 1.77. The molecule has 8 heteroatoms. The summed E-state index contributed by atoms with van der Waals surface area (Å²) >= 11 is 0. The lowest BCUT2D eigenvalue weighted by molar-refractivity contribution is -0.384. The molecular formula is C13H13N3O5. The zero-order valence-corrected chi connectivity index (χ0v) is 11.5. The molecule has 0 unspecified atom stereocenters. The number of nitrogens with zero attached hydrogens (tertiary/aromatic N) is 2. The largest absolute Gasteiger partial charge is 0.465 e. The number of ether oxygens (including phenoxy) is 1. The molecule has 1 aromatic carbocycles. The second-order valence-corrected chi connectivity index (χ2v) is 4.26. The van der Waals surface area contributed by atoms with Crippen molar-refractivity contribution in [2.45, 2.75) is 13.5 Å². The van der Waals surface area contributed by atoms with E-state index >= 15 is 0 Å². The molecule has 0 fully saturated rings. The van der Waals surface area contributed by atoms with Gasteiger partial charge in [-0.05, 0) is 19.1 Å². The highest BCUT2D eigenvalue weighted by Gasteiger charge is 2.17. The quantitative estimate of drug-likeness (QED) is 0.511. The zero-order chi connectivity index (χ0) is 15.4. The summed E-state index contributed by atoms with van der Waals surface area (Å²) in [7, 11) is 1.25. The maximum Gasteiger partial charge on any atom is 0.337 e. The number of methoxy groups -OCH3 is 1. The summed E-state index contributed by atoms with van der Waals surface area (Å²) in [4.78, 5) is 21.9. The Morgan fingerprint density at radius 2 is 2.24 bits per heavy atom. The molecule has 0 spiro atoms. The van der Waals surface area contributed by atoms with E-state index in [2.05, 4.69) is 15.2 Å². The molecule has 21 heavy (non-hydrogen) atoms. The van der Waals surface area contributed by atoms with E-state index in [4.69, 9.17) is 4.52 Å². The van der Waals surface area contributed by atoms with Gasteiger partial charge in [0, 0.05) is 12.1 Å². The number of nitro benzene ring substituents is 1. The zero-order valence-electron chi connectivity index (χ0n) is 11.5. The van der Waals surface area contributed by atoms with Gasteiger partial charge in [-0.25, -0.2) is 4.79 Å². The average Bonchev–Trinajstić information content (AvgIpc) is 2.89. The topological polar surface area (TPSA) is 108 Å². The van der Waals surface area contributed by atoms with E-state index in [0.717, 1.165) is 0 Å². The molecule has 1 heterocycles. The molecule has 0 saturated heterocycles. The number of esters is 1. The predicted molar refractivity (Wildman–Crippen MR) is 73.0 cm³/mol. The van der Waals surface area contributed by atoms with Crippen molar-refractivity contribution in [3.8, 4) is 0 Å². The fraction of sp³-hybridized carbons (Fsp3) is 0.231. The van der Waals surface area contributed by atoms with Crippen LogP contribution < -0.4 is 5.32 Å². The van der Waals surface area contributed by atoms with Gasteiger partial charge in [-0.1, -0.05) is 5.16 Å². The SMILES string of the molecule is COC(=O)c1ccc([N+](=O)[O-])c(NCc2cc(C)on2)c1. The molecule has 110 valence electrons. The van der Waals surface area contributed by atoms with E-state index in [0.29, 0.717) is 11.5 Å². The first-order chi connectivity index (χ1) is 10.0. The molecular weight excluding hydrogens is 278 g/mol. The van der Waals surface area contributed by atoms with Crippen LogP contribution in [0.4, 0.5) is 11.4 Å². The molecule has 0 aliphatic heterocycles. The van der Waals surface area contributed by atoms with Crippen LogP contribution in [0.3, 0.4) is 0 Å². The van der Waals surface area contributed by atoms with Gasteiger partial charge in [0.15, 0.2) is 0 Å². The van der Waals surface area contributed by atoms with Gasteiger partial charge < -0.3 is 14.6 Å². The number of hydrogen-bond donors (Lipinski definition) is 1. The predicted octanol–water partition coefficient (Wildman–Crippen LogP) is 2.29. The van der Waals surface area contributed by atoms with Gasteiger partial charge in [0.1, 0.15) is 17.1 Å². The molecule has 8 nitrogen and oxygen atoms in total. The number of carbonyl (C=O) groups is 1. The van der Waals surface area contributed by atoms with Crippen molar-refractivity contribution in [1.82, 2.24) is 5.16 Å². The molecule has 0 atom stereocenters. The third-order valence-electron chi connectivity index (χ3n) is 2.75. The van der Waals surface area contributed by atoms with Crippen LogP contribution in [0.1, 0.15) is 21.8 Å². The number of hydrogen-bond acceptors (Lipinski definition) is 7. The molecule has 0 aliphatic rings. The van der Waals surface area contributed by atoms with Crippen LogP contribution >= 0.6 is 0 Å². The summed E-state index contributed by atoms with van der Waals surface area (Å²) in [5.41, 5.74) is 0.902. The van der Waals surface area contributed by atoms with Crippen molar-refractivity contribution in [1.29, 1.82) is 0 Å². The summed E-state index contributed by atoms with van der Waals surface area (Å²) < 4.78 is 9.51. The lowest BCUT2D eigenvalue weighted by Gasteiger charge is -2.07. The van der Waals surface area contributed by atoms with Crippen LogP contribution in [-0.4, -0.2) is 23.2 Å². The first kappa shape index (κ1) is 14.5. The van der Waals surface area contributed by atoms with Gasteiger partial charge in [0.2, 0.25) is 0 Å². The van der Waals surface area contributed by atoms with Gasteiger partial charge in [0.05, 0.1) is 24.1 Å². The van der Waals surface area contributed by atoms with Crippen molar-refractivity contribution >= 4 is 17.3 Å². The minimum atomic E-state index is -0.565. The van der Waals surface area contributed by atoms with Crippen molar-refractivity contribution < 1.29 is 19.0 Å². The first-order valence-electron chi connectivity index (χ1n) is 6.04. The molecule has 0 aliphatic carbocycles. The third kappa shape index (κ3) is 3.35. The number of nitrogens with one attached hydrogen (secondary N) is 1. The summed E-state index contributed by atoms with van der Waals surface area (Å²) in [5, 5.41) is 17.7. The van der Waals surface area contributed by atoms with Crippen LogP contribution in [0.25, 0.3) is 0 Å². The standard InChI is InChI=1S/C13H13N3O5/c1-8-5-10(15-21-8)7-14-11-6-9(13(17)20-2)3-4-12(11)16(18)19/h3-6,14H,7H2,1-2H3. The number of carbonyl (C=O) groups excluding carboxylic acids is 1. The third-order valence-corrected chi connectivity index (χ3v) is 2.75. The fourth-order valence-corrected chi connectivity index (χ4v) is 1.77. The minimum absolute atomic E-state index is 0.136.